The van der Waals surface area contributed by atoms with E-state index in [1.165, 1.54) is 49.8 Å². The van der Waals surface area contributed by atoms with Crippen molar-refractivity contribution < 1.29 is 0 Å². The molecule has 0 amide bonds. The van der Waals surface area contributed by atoms with Crippen LogP contribution in [0.2, 0.25) is 0 Å². The van der Waals surface area contributed by atoms with Crippen molar-refractivity contribution in [3.05, 3.63) is 41.5 Å². The van der Waals surface area contributed by atoms with Gasteiger partial charge in [0.1, 0.15) is 0 Å². The first-order chi connectivity index (χ1) is 14.3. The molecule has 2 heteroatoms. The van der Waals surface area contributed by atoms with E-state index < -0.39 is 0 Å². The van der Waals surface area contributed by atoms with Crippen LogP contribution >= 0.6 is 0 Å². The zero-order valence-electron chi connectivity index (χ0n) is 20.5. The highest BCUT2D eigenvalue weighted by Gasteiger charge is 2.48. The Hall–Kier alpha value is -1.28. The van der Waals surface area contributed by atoms with Crippen LogP contribution in [0.25, 0.3) is 0 Å². The third-order valence-corrected chi connectivity index (χ3v) is 7.88. The van der Waals surface area contributed by atoms with E-state index in [1.807, 2.05) is 0 Å². The second-order valence-electron chi connectivity index (χ2n) is 11.2. The molecule has 30 heavy (non-hydrogen) atoms. The van der Waals surface area contributed by atoms with Gasteiger partial charge in [0.2, 0.25) is 0 Å². The zero-order chi connectivity index (χ0) is 21.7. The Labute approximate surface area is 186 Å². The number of hydrogen-bond donors (Lipinski definition) is 1. The number of nitrogens with zero attached hydrogens (tertiary/aromatic N) is 1. The molecule has 0 aromatic heterocycles. The van der Waals surface area contributed by atoms with E-state index in [0.29, 0.717) is 0 Å². The van der Waals surface area contributed by atoms with Crippen LogP contribution in [0.5, 0.6) is 0 Å². The zero-order valence-corrected chi connectivity index (χ0v) is 20.5. The van der Waals surface area contributed by atoms with Crippen molar-refractivity contribution >= 4 is 5.69 Å². The van der Waals surface area contributed by atoms with Crippen LogP contribution in [0.4, 0.5) is 5.69 Å². The maximum Gasteiger partial charge on any atom is 0.0683 e. The van der Waals surface area contributed by atoms with Crippen LogP contribution in [-0.4, -0.2) is 19.8 Å². The molecule has 5 unspecified atom stereocenters. The van der Waals surface area contributed by atoms with Gasteiger partial charge in [-0.25, -0.2) is 0 Å². The fraction of sp³-hybridized carbons (Fsp3) is 0.714. The summed E-state index contributed by atoms with van der Waals surface area (Å²) in [5.41, 5.74) is 5.12. The quantitative estimate of drug-likeness (QED) is 0.493. The fourth-order valence-electron chi connectivity index (χ4n) is 6.40. The lowest BCUT2D eigenvalue weighted by Gasteiger charge is -2.42. The molecule has 3 aliphatic carbocycles. The van der Waals surface area contributed by atoms with Gasteiger partial charge in [-0.2, -0.15) is 0 Å². The Balaban J connectivity index is 0.000000130. The van der Waals surface area contributed by atoms with E-state index in [9.17, 15) is 0 Å². The average Bonchev–Trinajstić information content (AvgIpc) is 3.26. The van der Waals surface area contributed by atoms with Gasteiger partial charge in [0.15, 0.2) is 0 Å². The summed E-state index contributed by atoms with van der Waals surface area (Å²) < 4.78 is 0. The van der Waals surface area contributed by atoms with Gasteiger partial charge in [0, 0.05) is 18.8 Å². The van der Waals surface area contributed by atoms with Crippen LogP contribution in [0, 0.1) is 36.0 Å². The Morgan fingerprint density at radius 3 is 2.27 bits per heavy atom. The molecule has 168 valence electrons. The van der Waals surface area contributed by atoms with Crippen LogP contribution in [0.3, 0.4) is 0 Å². The summed E-state index contributed by atoms with van der Waals surface area (Å²) in [7, 11) is 0. The van der Waals surface area contributed by atoms with Gasteiger partial charge in [-0.1, -0.05) is 57.5 Å². The highest BCUT2D eigenvalue weighted by molar-refractivity contribution is 5.53. The van der Waals surface area contributed by atoms with Crippen LogP contribution in [-0.2, 0) is 0 Å². The predicted octanol–water partition coefficient (Wildman–Crippen LogP) is 7.19. The molecule has 5 atom stereocenters. The first-order valence-corrected chi connectivity index (χ1v) is 12.5. The lowest BCUT2D eigenvalue weighted by atomic mass is 9.63. The van der Waals surface area contributed by atoms with E-state index in [0.717, 1.165) is 48.8 Å². The number of hydrogen-bond acceptors (Lipinski definition) is 2. The Morgan fingerprint density at radius 2 is 1.80 bits per heavy atom. The number of para-hydroxylation sites is 1. The number of rotatable bonds is 1. The first kappa shape index (κ1) is 23.4. The molecule has 1 aromatic rings. The number of allylic oxidation sites excluding steroid dienone is 2. The standard InChI is InChI=1S/C10H14N2.2C9H16/c1-9-4-2-3-5-10(9)12-7-6-11-8-12;1-7-5-8-3-4-9(8,2)6-7;1-7-4-8(2)6-9(3)5-7/h2-5,11H,6-8H2,1H3;7-8H,3-6H2,1-2H3;4,7,9H,5-6H2,1-3H3. The molecule has 3 fully saturated rings. The largest absolute Gasteiger partial charge is 0.357 e. The number of anilines is 1. The van der Waals surface area contributed by atoms with Crippen molar-refractivity contribution in [1.29, 1.82) is 0 Å². The molecular formula is C28H46N2. The lowest BCUT2D eigenvalue weighted by molar-refractivity contribution is 0.0877. The van der Waals surface area contributed by atoms with Crippen molar-refractivity contribution in [2.24, 2.45) is 29.1 Å². The first-order valence-electron chi connectivity index (χ1n) is 12.5. The maximum atomic E-state index is 3.32. The summed E-state index contributed by atoms with van der Waals surface area (Å²) in [6, 6.07) is 8.53. The van der Waals surface area contributed by atoms with E-state index in [4.69, 9.17) is 0 Å². The van der Waals surface area contributed by atoms with Gasteiger partial charge in [-0.3, -0.25) is 5.32 Å². The highest BCUT2D eigenvalue weighted by atomic mass is 15.3. The molecule has 2 nitrogen and oxygen atoms in total. The van der Waals surface area contributed by atoms with E-state index in [-0.39, 0.29) is 0 Å². The van der Waals surface area contributed by atoms with Gasteiger partial charge >= 0.3 is 0 Å². The molecule has 4 aliphatic rings. The van der Waals surface area contributed by atoms with Crippen LogP contribution in [0.1, 0.15) is 78.7 Å². The second kappa shape index (κ2) is 10.4. The van der Waals surface area contributed by atoms with Crippen molar-refractivity contribution in [3.63, 3.8) is 0 Å². The van der Waals surface area contributed by atoms with Crippen molar-refractivity contribution in [2.45, 2.75) is 80.1 Å². The minimum atomic E-state index is 0.805. The van der Waals surface area contributed by atoms with Gasteiger partial charge in [-0.05, 0) is 93.1 Å². The number of fused-ring (bicyclic) bond motifs is 1. The summed E-state index contributed by atoms with van der Waals surface area (Å²) in [5, 5.41) is 3.32. The maximum absolute atomic E-state index is 3.32. The predicted molar refractivity (Wildman–Crippen MR) is 132 cm³/mol. The molecule has 1 aromatic carbocycles. The van der Waals surface area contributed by atoms with Gasteiger partial charge in [0.05, 0.1) is 6.67 Å². The normalized spacial score (nSPS) is 34.6. The molecule has 0 bridgehead atoms. The minimum Gasteiger partial charge on any atom is -0.357 e. The monoisotopic (exact) mass is 410 g/mol. The Kier molecular flexibility index (Phi) is 8.07. The van der Waals surface area contributed by atoms with Crippen molar-refractivity contribution in [3.8, 4) is 0 Å². The van der Waals surface area contributed by atoms with Crippen molar-refractivity contribution in [2.75, 3.05) is 24.7 Å². The molecule has 5 rings (SSSR count). The molecule has 1 aliphatic heterocycles. The van der Waals surface area contributed by atoms with E-state index in [2.05, 4.69) is 82.1 Å². The highest BCUT2D eigenvalue weighted by Crippen LogP contribution is 2.58. The topological polar surface area (TPSA) is 15.3 Å². The molecule has 0 radical (unpaired) electrons. The average molecular weight is 411 g/mol. The molecule has 1 N–H and O–H groups in total. The Bertz CT molecular complexity index is 702. The summed E-state index contributed by atoms with van der Waals surface area (Å²) in [4.78, 5) is 2.37. The van der Waals surface area contributed by atoms with Gasteiger partial charge in [0.25, 0.3) is 0 Å². The summed E-state index contributed by atoms with van der Waals surface area (Å²) >= 11 is 0. The molecule has 2 saturated carbocycles. The summed E-state index contributed by atoms with van der Waals surface area (Å²) in [6.07, 6.45) is 11.2. The SMILES string of the molecule is CC1=CC(C)CC(C)C1.CC1CC2CCC2(C)C1.Cc1ccccc1N1CCNC1. The number of benzene rings is 1. The molecule has 1 heterocycles. The molecular weight excluding hydrogens is 364 g/mol. The lowest BCUT2D eigenvalue weighted by Crippen LogP contribution is -2.31. The fourth-order valence-corrected chi connectivity index (χ4v) is 6.40. The smallest absolute Gasteiger partial charge is 0.0683 e. The summed E-state index contributed by atoms with van der Waals surface area (Å²) in [5.74, 6) is 3.90. The third kappa shape index (κ3) is 6.13. The number of nitrogens with one attached hydrogen (secondary N) is 1. The summed E-state index contributed by atoms with van der Waals surface area (Å²) in [6.45, 7) is 17.2. The van der Waals surface area contributed by atoms with Gasteiger partial charge in [-0.15, -0.1) is 0 Å². The van der Waals surface area contributed by atoms with E-state index in [1.54, 1.807) is 5.57 Å². The number of aryl methyl sites for hydroxylation is 1. The Morgan fingerprint density at radius 1 is 1.03 bits per heavy atom. The van der Waals surface area contributed by atoms with E-state index >= 15 is 0 Å². The van der Waals surface area contributed by atoms with Gasteiger partial charge < -0.3 is 4.90 Å². The second-order valence-corrected chi connectivity index (χ2v) is 11.2. The molecule has 0 spiro atoms. The van der Waals surface area contributed by atoms with Crippen LogP contribution < -0.4 is 10.2 Å². The third-order valence-electron chi connectivity index (χ3n) is 7.88. The van der Waals surface area contributed by atoms with Crippen molar-refractivity contribution in [1.82, 2.24) is 5.32 Å². The molecule has 1 saturated heterocycles. The van der Waals surface area contributed by atoms with Crippen LogP contribution in [0.15, 0.2) is 35.9 Å². The minimum absolute atomic E-state index is 0.805.